The quantitative estimate of drug-likeness (QED) is 0.116. The lowest BCUT2D eigenvalue weighted by atomic mass is 10.1. The van der Waals surface area contributed by atoms with Crippen LogP contribution in [0.25, 0.3) is 0 Å². The number of hydrazone groups is 1. The van der Waals surface area contributed by atoms with Crippen LogP contribution in [0.2, 0.25) is 0 Å². The third-order valence-corrected chi connectivity index (χ3v) is 7.05. The summed E-state index contributed by atoms with van der Waals surface area (Å²) in [6, 6.07) is 13.8. The summed E-state index contributed by atoms with van der Waals surface area (Å²) in [5, 5.41) is 7.25. The topological polar surface area (TPSA) is 115 Å². The molecule has 3 rings (SSSR count). The first-order chi connectivity index (χ1) is 19.2. The van der Waals surface area contributed by atoms with E-state index in [4.69, 9.17) is 14.2 Å². The van der Waals surface area contributed by atoms with Crippen molar-refractivity contribution in [3.63, 3.8) is 0 Å². The van der Waals surface area contributed by atoms with E-state index >= 15 is 0 Å². The van der Waals surface area contributed by atoms with Gasteiger partial charge in [-0.05, 0) is 93.8 Å². The van der Waals surface area contributed by atoms with Crippen molar-refractivity contribution >= 4 is 40.3 Å². The van der Waals surface area contributed by atoms with Crippen LogP contribution in [0, 0.1) is 13.8 Å². The molecule has 0 saturated heterocycles. The molecule has 1 aromatic heterocycles. The van der Waals surface area contributed by atoms with E-state index in [0.717, 1.165) is 34.6 Å². The van der Waals surface area contributed by atoms with Gasteiger partial charge in [-0.15, -0.1) is 11.3 Å². The van der Waals surface area contributed by atoms with Crippen molar-refractivity contribution in [1.82, 2.24) is 5.43 Å². The van der Waals surface area contributed by atoms with E-state index in [9.17, 15) is 14.4 Å². The van der Waals surface area contributed by atoms with Gasteiger partial charge in [-0.25, -0.2) is 10.2 Å². The molecule has 212 valence electrons. The molecule has 0 spiro atoms. The Labute approximate surface area is 238 Å². The summed E-state index contributed by atoms with van der Waals surface area (Å²) >= 11 is 1.32. The highest BCUT2D eigenvalue weighted by molar-refractivity contribution is 7.16. The molecule has 2 aromatic carbocycles. The van der Waals surface area contributed by atoms with Crippen molar-refractivity contribution in [2.45, 2.75) is 53.6 Å². The standard InChI is InChI=1S/C30H35N3O6S/c1-6-8-17-38-24-13-9-22(10-14-24)18-31-33-27(34)20(4)39-25-15-11-23(12-16-25)28(35)32-29-26(30(36)37-7-2)19(3)21(5)40-29/h9-16,18,20H,6-8,17H2,1-5H3,(H,32,35)(H,33,34)/b31-18+. The third-order valence-electron chi connectivity index (χ3n) is 5.93. The highest BCUT2D eigenvalue weighted by Gasteiger charge is 2.22. The molecule has 0 radical (unpaired) electrons. The number of amides is 2. The van der Waals surface area contributed by atoms with Gasteiger partial charge in [0.05, 0.1) is 25.0 Å². The van der Waals surface area contributed by atoms with Gasteiger partial charge in [0.25, 0.3) is 11.8 Å². The van der Waals surface area contributed by atoms with E-state index in [2.05, 4.69) is 22.8 Å². The van der Waals surface area contributed by atoms with E-state index in [1.165, 1.54) is 17.6 Å². The number of esters is 1. The fourth-order valence-electron chi connectivity index (χ4n) is 3.53. The molecule has 0 fully saturated rings. The molecular formula is C30H35N3O6S. The normalized spacial score (nSPS) is 11.6. The first kappa shape index (κ1) is 30.4. The second-order valence-electron chi connectivity index (χ2n) is 8.95. The van der Waals surface area contributed by atoms with Crippen LogP contribution in [0.1, 0.15) is 70.3 Å². The maximum atomic E-state index is 12.8. The van der Waals surface area contributed by atoms with Gasteiger partial charge in [-0.2, -0.15) is 5.10 Å². The van der Waals surface area contributed by atoms with Crippen molar-refractivity contribution < 1.29 is 28.6 Å². The number of rotatable bonds is 13. The maximum Gasteiger partial charge on any atom is 0.341 e. The summed E-state index contributed by atoms with van der Waals surface area (Å²) in [5.41, 5.74) is 4.80. The number of ether oxygens (including phenoxy) is 3. The minimum absolute atomic E-state index is 0.244. The van der Waals surface area contributed by atoms with Gasteiger partial charge in [-0.3, -0.25) is 9.59 Å². The summed E-state index contributed by atoms with van der Waals surface area (Å²) in [6.45, 7) is 10.1. The van der Waals surface area contributed by atoms with E-state index < -0.39 is 18.0 Å². The summed E-state index contributed by atoms with van der Waals surface area (Å²) in [4.78, 5) is 38.5. The number of carbonyl (C=O) groups excluding carboxylic acids is 3. The minimum atomic E-state index is -0.824. The van der Waals surface area contributed by atoms with Crippen LogP contribution >= 0.6 is 11.3 Å². The van der Waals surface area contributed by atoms with Crippen LogP contribution in [0.4, 0.5) is 5.00 Å². The van der Waals surface area contributed by atoms with Crippen LogP contribution < -0.4 is 20.2 Å². The van der Waals surface area contributed by atoms with Gasteiger partial charge >= 0.3 is 5.97 Å². The highest BCUT2D eigenvalue weighted by atomic mass is 32.1. The van der Waals surface area contributed by atoms with Crippen LogP contribution in [0.5, 0.6) is 11.5 Å². The van der Waals surface area contributed by atoms with Crippen LogP contribution in [-0.2, 0) is 9.53 Å². The molecular weight excluding hydrogens is 530 g/mol. The number of anilines is 1. The Morgan fingerprint density at radius 1 is 1.00 bits per heavy atom. The number of unbranched alkanes of at least 4 members (excludes halogenated alkanes) is 1. The molecule has 1 unspecified atom stereocenters. The van der Waals surface area contributed by atoms with Crippen molar-refractivity contribution in [3.8, 4) is 11.5 Å². The number of thiophene rings is 1. The third kappa shape index (κ3) is 8.41. The van der Waals surface area contributed by atoms with E-state index in [-0.39, 0.29) is 12.5 Å². The number of hydrogen-bond acceptors (Lipinski definition) is 8. The Morgan fingerprint density at radius 3 is 2.33 bits per heavy atom. The van der Waals surface area contributed by atoms with Crippen molar-refractivity contribution in [3.05, 3.63) is 75.7 Å². The second-order valence-corrected chi connectivity index (χ2v) is 10.2. The van der Waals surface area contributed by atoms with Crippen molar-refractivity contribution in [2.24, 2.45) is 5.10 Å². The predicted molar refractivity (Wildman–Crippen MR) is 157 cm³/mol. The molecule has 1 atom stereocenters. The molecule has 2 N–H and O–H groups in total. The second kappa shape index (κ2) is 14.8. The smallest absolute Gasteiger partial charge is 0.341 e. The number of hydrogen-bond donors (Lipinski definition) is 2. The lowest BCUT2D eigenvalue weighted by Gasteiger charge is -2.13. The van der Waals surface area contributed by atoms with E-state index in [1.54, 1.807) is 38.1 Å². The lowest BCUT2D eigenvalue weighted by molar-refractivity contribution is -0.127. The predicted octanol–water partition coefficient (Wildman–Crippen LogP) is 5.89. The summed E-state index contributed by atoms with van der Waals surface area (Å²) < 4.78 is 16.5. The molecule has 2 amide bonds. The van der Waals surface area contributed by atoms with Crippen LogP contribution in [0.3, 0.4) is 0 Å². The van der Waals surface area contributed by atoms with Gasteiger partial charge in [0, 0.05) is 10.4 Å². The minimum Gasteiger partial charge on any atom is -0.494 e. The zero-order valence-corrected chi connectivity index (χ0v) is 24.2. The van der Waals surface area contributed by atoms with E-state index in [0.29, 0.717) is 28.5 Å². The molecule has 0 aliphatic carbocycles. The van der Waals surface area contributed by atoms with Crippen LogP contribution in [0.15, 0.2) is 53.6 Å². The van der Waals surface area contributed by atoms with Crippen molar-refractivity contribution in [1.29, 1.82) is 0 Å². The number of nitrogens with one attached hydrogen (secondary N) is 2. The monoisotopic (exact) mass is 565 g/mol. The van der Waals surface area contributed by atoms with Gasteiger partial charge in [0.1, 0.15) is 16.5 Å². The highest BCUT2D eigenvalue weighted by Crippen LogP contribution is 2.33. The van der Waals surface area contributed by atoms with Gasteiger partial charge in [0.2, 0.25) is 0 Å². The molecule has 0 aliphatic heterocycles. The van der Waals surface area contributed by atoms with Gasteiger partial charge < -0.3 is 19.5 Å². The Balaban J connectivity index is 1.52. The molecule has 0 saturated carbocycles. The van der Waals surface area contributed by atoms with Crippen LogP contribution in [-0.4, -0.2) is 43.3 Å². The number of nitrogens with zero attached hydrogens (tertiary/aromatic N) is 1. The first-order valence-electron chi connectivity index (χ1n) is 13.1. The van der Waals surface area contributed by atoms with Gasteiger partial charge in [0.15, 0.2) is 6.10 Å². The molecule has 9 nitrogen and oxygen atoms in total. The Morgan fingerprint density at radius 2 is 1.68 bits per heavy atom. The zero-order valence-electron chi connectivity index (χ0n) is 23.4. The summed E-state index contributed by atoms with van der Waals surface area (Å²) in [7, 11) is 0. The lowest BCUT2D eigenvalue weighted by Crippen LogP contribution is -2.33. The fourth-order valence-corrected chi connectivity index (χ4v) is 4.57. The fraction of sp³-hybridized carbons (Fsp3) is 0.333. The number of aryl methyl sites for hydroxylation is 1. The Kier molecular flexibility index (Phi) is 11.3. The molecule has 1 heterocycles. The summed E-state index contributed by atoms with van der Waals surface area (Å²) in [6.07, 6.45) is 2.79. The zero-order chi connectivity index (χ0) is 29.1. The first-order valence-corrected chi connectivity index (χ1v) is 14.0. The Bertz CT molecular complexity index is 1330. The molecule has 3 aromatic rings. The van der Waals surface area contributed by atoms with E-state index in [1.807, 2.05) is 38.1 Å². The number of carbonyl (C=O) groups is 3. The largest absolute Gasteiger partial charge is 0.494 e. The Hall–Kier alpha value is -4.18. The van der Waals surface area contributed by atoms with Crippen molar-refractivity contribution in [2.75, 3.05) is 18.5 Å². The number of benzene rings is 2. The molecule has 40 heavy (non-hydrogen) atoms. The molecule has 10 heteroatoms. The molecule has 0 bridgehead atoms. The average Bonchev–Trinajstić information content (AvgIpc) is 3.22. The summed E-state index contributed by atoms with van der Waals surface area (Å²) in [5.74, 6) is -0.0629. The average molecular weight is 566 g/mol. The SMILES string of the molecule is CCCCOc1ccc(/C=N/NC(=O)C(C)Oc2ccc(C(=O)Nc3sc(C)c(C)c3C(=O)OCC)cc2)cc1. The van der Waals surface area contributed by atoms with Gasteiger partial charge in [-0.1, -0.05) is 13.3 Å². The maximum absolute atomic E-state index is 12.8. The molecule has 0 aliphatic rings.